The maximum absolute atomic E-state index is 13.5. The molecule has 0 saturated carbocycles. The molecule has 0 aromatic heterocycles. The number of benzene rings is 1. The van der Waals surface area contributed by atoms with Gasteiger partial charge >= 0.3 is 0 Å². The molecule has 0 amide bonds. The Hall–Kier alpha value is -1.00. The van der Waals surface area contributed by atoms with Crippen molar-refractivity contribution in [3.63, 3.8) is 0 Å². The first-order valence-corrected chi connectivity index (χ1v) is 5.82. The summed E-state index contributed by atoms with van der Waals surface area (Å²) < 4.78 is 26.3. The second-order valence-electron chi connectivity index (χ2n) is 4.52. The molecule has 0 aliphatic rings. The molecule has 4 heteroatoms. The van der Waals surface area contributed by atoms with E-state index in [9.17, 15) is 13.9 Å². The zero-order chi connectivity index (χ0) is 12.9. The van der Waals surface area contributed by atoms with E-state index in [4.69, 9.17) is 5.73 Å². The van der Waals surface area contributed by atoms with Crippen molar-refractivity contribution in [2.45, 2.75) is 26.2 Å². The van der Waals surface area contributed by atoms with Crippen molar-refractivity contribution in [1.29, 1.82) is 0 Å². The molecule has 3 N–H and O–H groups in total. The van der Waals surface area contributed by atoms with Gasteiger partial charge in [-0.05, 0) is 24.5 Å². The third kappa shape index (κ3) is 3.48. The molecule has 0 aliphatic heterocycles. The average Bonchev–Trinajstić information content (AvgIpc) is 2.32. The molecule has 96 valence electrons. The van der Waals surface area contributed by atoms with E-state index in [-0.39, 0.29) is 13.2 Å². The van der Waals surface area contributed by atoms with Crippen LogP contribution in [0.4, 0.5) is 8.78 Å². The van der Waals surface area contributed by atoms with Gasteiger partial charge in [0, 0.05) is 18.0 Å². The third-order valence-corrected chi connectivity index (χ3v) is 3.13. The number of rotatable bonds is 6. The fourth-order valence-corrected chi connectivity index (χ4v) is 2.06. The van der Waals surface area contributed by atoms with Crippen LogP contribution in [0.25, 0.3) is 0 Å². The van der Waals surface area contributed by atoms with Crippen LogP contribution >= 0.6 is 0 Å². The third-order valence-electron chi connectivity index (χ3n) is 3.13. The van der Waals surface area contributed by atoms with Gasteiger partial charge in [0.05, 0.1) is 6.61 Å². The second-order valence-corrected chi connectivity index (χ2v) is 4.52. The molecular weight excluding hydrogens is 224 g/mol. The summed E-state index contributed by atoms with van der Waals surface area (Å²) in [6.07, 6.45) is 1.91. The molecule has 0 radical (unpaired) electrons. The molecule has 1 aromatic rings. The lowest BCUT2D eigenvalue weighted by Gasteiger charge is -2.30. The lowest BCUT2D eigenvalue weighted by molar-refractivity contribution is 0.120. The van der Waals surface area contributed by atoms with E-state index in [1.54, 1.807) is 0 Å². The van der Waals surface area contributed by atoms with E-state index in [2.05, 4.69) is 0 Å². The Balaban J connectivity index is 2.92. The van der Waals surface area contributed by atoms with E-state index >= 15 is 0 Å². The Morgan fingerprint density at radius 1 is 1.35 bits per heavy atom. The van der Waals surface area contributed by atoms with Crippen LogP contribution in [0.5, 0.6) is 0 Å². The van der Waals surface area contributed by atoms with E-state index < -0.39 is 17.0 Å². The lowest BCUT2D eigenvalue weighted by Crippen LogP contribution is -2.36. The van der Waals surface area contributed by atoms with Crippen LogP contribution in [-0.2, 0) is 6.42 Å². The summed E-state index contributed by atoms with van der Waals surface area (Å²) in [4.78, 5) is 0. The summed E-state index contributed by atoms with van der Waals surface area (Å²) in [5.41, 5.74) is 5.57. The van der Waals surface area contributed by atoms with Crippen LogP contribution in [0, 0.1) is 17.0 Å². The largest absolute Gasteiger partial charge is 0.396 e. The first-order chi connectivity index (χ1) is 8.06. The van der Waals surface area contributed by atoms with Gasteiger partial charge in [0.1, 0.15) is 11.6 Å². The minimum atomic E-state index is -0.593. The van der Waals surface area contributed by atoms with Gasteiger partial charge in [-0.25, -0.2) is 8.78 Å². The van der Waals surface area contributed by atoms with Gasteiger partial charge in [0.25, 0.3) is 0 Å². The highest BCUT2D eigenvalue weighted by Crippen LogP contribution is 2.28. The van der Waals surface area contributed by atoms with Crippen molar-refractivity contribution in [2.75, 3.05) is 13.2 Å². The molecule has 0 aliphatic carbocycles. The van der Waals surface area contributed by atoms with Gasteiger partial charge in [-0.3, -0.25) is 0 Å². The van der Waals surface area contributed by atoms with Gasteiger partial charge in [0.2, 0.25) is 0 Å². The Morgan fingerprint density at radius 2 is 2.06 bits per heavy atom. The molecule has 1 rings (SSSR count). The quantitative estimate of drug-likeness (QED) is 0.805. The number of halogens is 2. The van der Waals surface area contributed by atoms with Crippen molar-refractivity contribution in [1.82, 2.24) is 0 Å². The molecule has 0 heterocycles. The molecular formula is C13H19F2NO. The lowest BCUT2D eigenvalue weighted by atomic mass is 9.78. The fourth-order valence-electron chi connectivity index (χ4n) is 2.06. The van der Waals surface area contributed by atoms with Crippen LogP contribution in [0.2, 0.25) is 0 Å². The van der Waals surface area contributed by atoms with Crippen LogP contribution in [-0.4, -0.2) is 18.3 Å². The van der Waals surface area contributed by atoms with E-state index in [1.165, 1.54) is 12.1 Å². The number of hydrogen-bond donors (Lipinski definition) is 2. The fraction of sp³-hybridized carbons (Fsp3) is 0.538. The van der Waals surface area contributed by atoms with Crippen LogP contribution < -0.4 is 5.73 Å². The SMILES string of the molecule is CCCC(CN)(CO)Cc1ccc(F)cc1F. The highest BCUT2D eigenvalue weighted by atomic mass is 19.1. The van der Waals surface area contributed by atoms with Crippen LogP contribution in [0.15, 0.2) is 18.2 Å². The van der Waals surface area contributed by atoms with Gasteiger partial charge in [-0.2, -0.15) is 0 Å². The molecule has 0 bridgehead atoms. The van der Waals surface area contributed by atoms with Crippen LogP contribution in [0.3, 0.4) is 0 Å². The number of aliphatic hydroxyl groups excluding tert-OH is 1. The van der Waals surface area contributed by atoms with Crippen molar-refractivity contribution >= 4 is 0 Å². The molecule has 0 fully saturated rings. The Bertz CT molecular complexity index is 364. The number of nitrogens with two attached hydrogens (primary N) is 1. The van der Waals surface area contributed by atoms with E-state index in [1.807, 2.05) is 6.92 Å². The van der Waals surface area contributed by atoms with E-state index in [0.29, 0.717) is 12.0 Å². The zero-order valence-electron chi connectivity index (χ0n) is 10.0. The van der Waals surface area contributed by atoms with Gasteiger partial charge in [0.15, 0.2) is 0 Å². The maximum Gasteiger partial charge on any atom is 0.129 e. The predicted molar refractivity (Wildman–Crippen MR) is 63.5 cm³/mol. The Labute approximate surface area is 100 Å². The summed E-state index contributed by atoms with van der Waals surface area (Å²) in [7, 11) is 0. The topological polar surface area (TPSA) is 46.2 Å². The minimum Gasteiger partial charge on any atom is -0.396 e. The number of hydrogen-bond acceptors (Lipinski definition) is 2. The van der Waals surface area contributed by atoms with Gasteiger partial charge in [-0.15, -0.1) is 0 Å². The maximum atomic E-state index is 13.5. The first-order valence-electron chi connectivity index (χ1n) is 5.82. The molecule has 1 unspecified atom stereocenters. The summed E-state index contributed by atoms with van der Waals surface area (Å²) in [6.45, 7) is 2.18. The molecule has 0 spiro atoms. The Kier molecular flexibility index (Phi) is 5.02. The summed E-state index contributed by atoms with van der Waals surface area (Å²) in [5.74, 6) is -1.17. The molecule has 1 atom stereocenters. The highest BCUT2D eigenvalue weighted by molar-refractivity contribution is 5.20. The average molecular weight is 243 g/mol. The van der Waals surface area contributed by atoms with Gasteiger partial charge < -0.3 is 10.8 Å². The second kappa shape index (κ2) is 6.07. The molecule has 0 saturated heterocycles. The Morgan fingerprint density at radius 3 is 2.53 bits per heavy atom. The number of aliphatic hydroxyl groups is 1. The van der Waals surface area contributed by atoms with E-state index in [0.717, 1.165) is 18.9 Å². The molecule has 2 nitrogen and oxygen atoms in total. The van der Waals surface area contributed by atoms with Crippen molar-refractivity contribution in [2.24, 2.45) is 11.1 Å². The summed E-state index contributed by atoms with van der Waals surface area (Å²) in [5, 5.41) is 9.44. The van der Waals surface area contributed by atoms with Crippen molar-refractivity contribution in [3.05, 3.63) is 35.4 Å². The normalized spacial score (nSPS) is 14.6. The molecule has 17 heavy (non-hydrogen) atoms. The zero-order valence-corrected chi connectivity index (χ0v) is 10.0. The first kappa shape index (κ1) is 14.1. The van der Waals surface area contributed by atoms with Crippen LogP contribution in [0.1, 0.15) is 25.3 Å². The molecule has 1 aromatic carbocycles. The van der Waals surface area contributed by atoms with Crippen molar-refractivity contribution < 1.29 is 13.9 Å². The standard InChI is InChI=1S/C13H19F2NO/c1-2-5-13(8-16,9-17)7-10-3-4-11(14)6-12(10)15/h3-4,6,17H,2,5,7-9,16H2,1H3. The smallest absolute Gasteiger partial charge is 0.129 e. The predicted octanol–water partition coefficient (Wildman–Crippen LogP) is 2.24. The highest BCUT2D eigenvalue weighted by Gasteiger charge is 2.28. The van der Waals surface area contributed by atoms with Crippen molar-refractivity contribution in [3.8, 4) is 0 Å². The summed E-state index contributed by atoms with van der Waals surface area (Å²) >= 11 is 0. The van der Waals surface area contributed by atoms with Gasteiger partial charge in [-0.1, -0.05) is 19.4 Å². The summed E-state index contributed by atoms with van der Waals surface area (Å²) in [6, 6.07) is 3.50. The minimum absolute atomic E-state index is 0.0891. The monoisotopic (exact) mass is 243 g/mol.